The Hall–Kier alpha value is -2.13. The number of rotatable bonds is 5. The lowest BCUT2D eigenvalue weighted by Crippen LogP contribution is -2.71. The van der Waals surface area contributed by atoms with Crippen LogP contribution in [0.15, 0.2) is 6.20 Å². The van der Waals surface area contributed by atoms with E-state index in [0.29, 0.717) is 12.4 Å². The number of hydrogen-bond acceptors (Lipinski definition) is 6. The van der Waals surface area contributed by atoms with Crippen molar-refractivity contribution in [2.24, 2.45) is 5.73 Å². The van der Waals surface area contributed by atoms with Crippen LogP contribution in [0.5, 0.6) is 0 Å². The van der Waals surface area contributed by atoms with Gasteiger partial charge < -0.3 is 19.4 Å². The van der Waals surface area contributed by atoms with E-state index in [1.54, 1.807) is 18.0 Å². The van der Waals surface area contributed by atoms with Crippen LogP contribution in [-0.2, 0) is 14.3 Å². The number of H-pyrrole nitrogens is 1. The van der Waals surface area contributed by atoms with Crippen LogP contribution in [0.25, 0.3) is 0 Å². The van der Waals surface area contributed by atoms with Crippen LogP contribution in [0.4, 0.5) is 4.79 Å². The smallest absolute Gasteiger partial charge is 0.408 e. The van der Waals surface area contributed by atoms with Crippen LogP contribution in [0.2, 0.25) is 0 Å². The number of likely N-dealkylation sites (tertiary alicyclic amines) is 1. The third kappa shape index (κ3) is 3.36. The molecule has 9 nitrogen and oxygen atoms in total. The summed E-state index contributed by atoms with van der Waals surface area (Å²) >= 11 is 0. The van der Waals surface area contributed by atoms with Gasteiger partial charge in [-0.1, -0.05) is 0 Å². The Balaban J connectivity index is 2.29. The number of carbonyl (C=O) groups is 2. The molecular weight excluding hydrogens is 314 g/mol. The Kier molecular flexibility index (Phi) is 5.45. The van der Waals surface area contributed by atoms with Gasteiger partial charge in [-0.15, -0.1) is 0 Å². The molecule has 0 saturated carbocycles. The van der Waals surface area contributed by atoms with Gasteiger partial charge in [-0.25, -0.2) is 9.78 Å². The Labute approximate surface area is 140 Å². The van der Waals surface area contributed by atoms with E-state index in [0.717, 1.165) is 18.5 Å². The molecule has 1 saturated heterocycles. The highest BCUT2D eigenvalue weighted by atomic mass is 16.5. The Morgan fingerprint density at radius 1 is 1.54 bits per heavy atom. The number of aromatic nitrogens is 2. The second-order valence-corrected chi connectivity index (χ2v) is 5.97. The van der Waals surface area contributed by atoms with Gasteiger partial charge in [0.1, 0.15) is 11.9 Å². The van der Waals surface area contributed by atoms with Crippen molar-refractivity contribution in [3.05, 3.63) is 17.7 Å². The molecule has 1 aliphatic rings. The van der Waals surface area contributed by atoms with Gasteiger partial charge in [0.15, 0.2) is 5.66 Å². The first kappa shape index (κ1) is 18.2. The highest BCUT2D eigenvalue weighted by molar-refractivity contribution is 5.90. The molecule has 2 rings (SSSR count). The first-order chi connectivity index (χ1) is 11.3. The van der Waals surface area contributed by atoms with Crippen molar-refractivity contribution in [1.29, 1.82) is 0 Å². The number of methoxy groups -OCH3 is 2. The molecule has 9 heteroatoms. The predicted octanol–water partition coefficient (Wildman–Crippen LogP) is 0.428. The van der Waals surface area contributed by atoms with E-state index in [4.69, 9.17) is 10.5 Å². The summed E-state index contributed by atoms with van der Waals surface area (Å²) in [5.41, 5.74) is 5.43. The number of imidazole rings is 1. The van der Waals surface area contributed by atoms with Crippen LogP contribution in [-0.4, -0.2) is 59.4 Å². The number of aryl methyl sites for hydroxylation is 1. The number of amides is 2. The fourth-order valence-corrected chi connectivity index (χ4v) is 2.87. The fourth-order valence-electron chi connectivity index (χ4n) is 2.87. The second-order valence-electron chi connectivity index (χ2n) is 5.97. The average Bonchev–Trinajstić information content (AvgIpc) is 3.21. The molecule has 0 radical (unpaired) electrons. The first-order valence-corrected chi connectivity index (χ1v) is 7.83. The molecule has 24 heavy (non-hydrogen) atoms. The van der Waals surface area contributed by atoms with E-state index in [1.807, 2.05) is 6.92 Å². The molecule has 2 heterocycles. The van der Waals surface area contributed by atoms with E-state index in [-0.39, 0.29) is 6.04 Å². The number of aromatic amines is 1. The van der Waals surface area contributed by atoms with E-state index in [9.17, 15) is 9.59 Å². The van der Waals surface area contributed by atoms with Crippen molar-refractivity contribution in [2.75, 3.05) is 20.8 Å². The molecule has 1 aromatic rings. The van der Waals surface area contributed by atoms with E-state index >= 15 is 0 Å². The SMILES string of the molecule is COC(=O)N[C@](N)(C(=O)N1CCC[C@H]1c1ncc(C)[nH]1)C(C)OC. The maximum atomic E-state index is 13.1. The van der Waals surface area contributed by atoms with Crippen molar-refractivity contribution in [3.8, 4) is 0 Å². The Morgan fingerprint density at radius 3 is 2.79 bits per heavy atom. The molecule has 0 spiro atoms. The number of nitrogens with one attached hydrogen (secondary N) is 2. The minimum atomic E-state index is -1.73. The molecule has 0 aromatic carbocycles. The van der Waals surface area contributed by atoms with Gasteiger partial charge in [0.05, 0.1) is 13.2 Å². The van der Waals surface area contributed by atoms with Crippen molar-refractivity contribution in [3.63, 3.8) is 0 Å². The molecular formula is C15H25N5O4. The third-order valence-corrected chi connectivity index (χ3v) is 4.39. The van der Waals surface area contributed by atoms with Crippen LogP contribution in [0, 0.1) is 6.92 Å². The highest BCUT2D eigenvalue weighted by Gasteiger charge is 2.48. The molecule has 2 amide bonds. The average molecular weight is 339 g/mol. The zero-order chi connectivity index (χ0) is 17.9. The highest BCUT2D eigenvalue weighted by Crippen LogP contribution is 2.32. The molecule has 0 bridgehead atoms. The Morgan fingerprint density at radius 2 is 2.25 bits per heavy atom. The molecule has 1 unspecified atom stereocenters. The molecule has 1 aromatic heterocycles. The number of nitrogens with two attached hydrogens (primary N) is 1. The predicted molar refractivity (Wildman–Crippen MR) is 85.9 cm³/mol. The van der Waals surface area contributed by atoms with Gasteiger partial charge >= 0.3 is 6.09 Å². The molecule has 3 atom stereocenters. The lowest BCUT2D eigenvalue weighted by Gasteiger charge is -2.37. The van der Waals surface area contributed by atoms with Crippen molar-refractivity contribution >= 4 is 12.0 Å². The molecule has 0 aliphatic carbocycles. The lowest BCUT2D eigenvalue weighted by molar-refractivity contribution is -0.145. The monoisotopic (exact) mass is 339 g/mol. The van der Waals surface area contributed by atoms with E-state index in [2.05, 4.69) is 20.0 Å². The van der Waals surface area contributed by atoms with Gasteiger partial charge in [0.25, 0.3) is 5.91 Å². The fraction of sp³-hybridized carbons (Fsp3) is 0.667. The van der Waals surface area contributed by atoms with E-state index < -0.39 is 23.8 Å². The summed E-state index contributed by atoms with van der Waals surface area (Å²) in [5, 5.41) is 2.42. The summed E-state index contributed by atoms with van der Waals surface area (Å²) in [7, 11) is 2.64. The topological polar surface area (TPSA) is 123 Å². The summed E-state index contributed by atoms with van der Waals surface area (Å²) in [4.78, 5) is 33.9. The number of nitrogens with zero attached hydrogens (tertiary/aromatic N) is 2. The molecule has 134 valence electrons. The van der Waals surface area contributed by atoms with Gasteiger partial charge in [-0.05, 0) is 26.7 Å². The van der Waals surface area contributed by atoms with Gasteiger partial charge in [0.2, 0.25) is 0 Å². The summed E-state index contributed by atoms with van der Waals surface area (Å²) in [6, 6.07) is -0.211. The zero-order valence-corrected chi connectivity index (χ0v) is 14.5. The van der Waals surface area contributed by atoms with Gasteiger partial charge in [0, 0.05) is 25.5 Å². The minimum absolute atomic E-state index is 0.211. The summed E-state index contributed by atoms with van der Waals surface area (Å²) < 4.78 is 9.81. The zero-order valence-electron chi connectivity index (χ0n) is 14.5. The summed E-state index contributed by atoms with van der Waals surface area (Å²) in [6.45, 7) is 4.05. The van der Waals surface area contributed by atoms with Crippen molar-refractivity contribution in [2.45, 2.75) is 44.5 Å². The van der Waals surface area contributed by atoms with Crippen LogP contribution >= 0.6 is 0 Å². The lowest BCUT2D eigenvalue weighted by atomic mass is 10.0. The maximum absolute atomic E-state index is 13.1. The Bertz CT molecular complexity index is 604. The minimum Gasteiger partial charge on any atom is -0.453 e. The van der Waals surface area contributed by atoms with Crippen LogP contribution in [0.1, 0.15) is 37.3 Å². The number of ether oxygens (including phenoxy) is 2. The van der Waals surface area contributed by atoms with Crippen LogP contribution in [0.3, 0.4) is 0 Å². The maximum Gasteiger partial charge on any atom is 0.408 e. The van der Waals surface area contributed by atoms with Gasteiger partial charge in [-0.3, -0.25) is 15.8 Å². The first-order valence-electron chi connectivity index (χ1n) is 7.83. The second kappa shape index (κ2) is 7.18. The number of carbonyl (C=O) groups excluding carboxylic acids is 2. The van der Waals surface area contributed by atoms with Crippen LogP contribution < -0.4 is 11.1 Å². The van der Waals surface area contributed by atoms with E-state index in [1.165, 1.54) is 14.2 Å². The molecule has 4 N–H and O–H groups in total. The largest absolute Gasteiger partial charge is 0.453 e. The third-order valence-electron chi connectivity index (χ3n) is 4.39. The summed E-state index contributed by atoms with van der Waals surface area (Å²) in [5.74, 6) is 0.280. The van der Waals surface area contributed by atoms with Crippen molar-refractivity contribution < 1.29 is 19.1 Å². The summed E-state index contributed by atoms with van der Waals surface area (Å²) in [6.07, 6.45) is 1.78. The number of hydrogen-bond donors (Lipinski definition) is 3. The van der Waals surface area contributed by atoms with Crippen molar-refractivity contribution in [1.82, 2.24) is 20.2 Å². The number of alkyl carbamates (subject to hydrolysis) is 1. The molecule has 1 aliphatic heterocycles. The molecule has 1 fully saturated rings. The quantitative estimate of drug-likeness (QED) is 0.669. The normalized spacial score (nSPS) is 21.2. The standard InChI is InChI=1S/C15H25N5O4/c1-9-8-17-12(18-9)11-6-5-7-20(11)13(21)15(16,10(2)23-3)19-14(22)24-4/h8,10-11H,5-7,16H2,1-4H3,(H,17,18)(H,19,22)/t10?,11-,15-/m0/s1. The van der Waals surface area contributed by atoms with Gasteiger partial charge in [-0.2, -0.15) is 0 Å².